The Morgan fingerprint density at radius 2 is 2.09 bits per heavy atom. The van der Waals surface area contributed by atoms with Crippen LogP contribution in [0.3, 0.4) is 0 Å². The van der Waals surface area contributed by atoms with Crippen molar-refractivity contribution in [2.24, 2.45) is 0 Å². The Morgan fingerprint density at radius 1 is 1.35 bits per heavy atom. The number of aromatic nitrogens is 1. The second-order valence-electron chi connectivity index (χ2n) is 5.07. The van der Waals surface area contributed by atoms with Crippen molar-refractivity contribution in [1.29, 1.82) is 0 Å². The van der Waals surface area contributed by atoms with E-state index in [0.29, 0.717) is 12.2 Å². The molecule has 2 aromatic rings. The number of carboxylic acids is 1. The zero-order valence-corrected chi connectivity index (χ0v) is 12.7. The van der Waals surface area contributed by atoms with Gasteiger partial charge in [-0.3, -0.25) is 0 Å². The minimum absolute atomic E-state index is 0.0836. The summed E-state index contributed by atoms with van der Waals surface area (Å²) < 4.78 is 10.0. The second kappa shape index (κ2) is 7.98. The van der Waals surface area contributed by atoms with Crippen molar-refractivity contribution in [3.63, 3.8) is 0 Å². The van der Waals surface area contributed by atoms with Crippen molar-refractivity contribution < 1.29 is 24.0 Å². The summed E-state index contributed by atoms with van der Waals surface area (Å²) >= 11 is 0. The lowest BCUT2D eigenvalue weighted by atomic mass is 10.1. The third kappa shape index (κ3) is 5.46. The topological polar surface area (TPSA) is 102 Å². The molecule has 1 aromatic heterocycles. The second-order valence-corrected chi connectivity index (χ2v) is 5.07. The van der Waals surface area contributed by atoms with Gasteiger partial charge in [0.1, 0.15) is 18.4 Å². The molecule has 2 rings (SSSR count). The molecule has 122 valence electrons. The average Bonchev–Trinajstić information content (AvgIpc) is 2.95. The first-order chi connectivity index (χ1) is 11.0. The van der Waals surface area contributed by atoms with Crippen LogP contribution in [0.2, 0.25) is 0 Å². The van der Waals surface area contributed by atoms with Crippen LogP contribution in [0.5, 0.6) is 0 Å². The van der Waals surface area contributed by atoms with Crippen LogP contribution in [0.1, 0.15) is 23.4 Å². The van der Waals surface area contributed by atoms with Crippen LogP contribution in [-0.4, -0.2) is 28.4 Å². The van der Waals surface area contributed by atoms with Crippen molar-refractivity contribution in [3.8, 4) is 0 Å². The predicted molar refractivity (Wildman–Crippen MR) is 80.7 cm³/mol. The zero-order chi connectivity index (χ0) is 16.7. The van der Waals surface area contributed by atoms with Gasteiger partial charge in [0.15, 0.2) is 0 Å². The Balaban J connectivity index is 1.81. The summed E-state index contributed by atoms with van der Waals surface area (Å²) in [5.74, 6) is -0.550. The molecule has 0 spiro atoms. The standard InChI is InChI=1S/C16H18N2O5/c1-11-9-13(23-18-11)7-8-14(15(19)20)17-16(21)22-10-12-5-3-2-4-6-12/h2-6,9,14H,7-8,10H2,1H3,(H,17,21)(H,19,20)/t14-/m0/s1. The highest BCUT2D eigenvalue weighted by Gasteiger charge is 2.21. The minimum Gasteiger partial charge on any atom is -0.480 e. The molecule has 0 unspecified atom stereocenters. The van der Waals surface area contributed by atoms with Gasteiger partial charge >= 0.3 is 12.1 Å². The number of hydrogen-bond acceptors (Lipinski definition) is 5. The van der Waals surface area contributed by atoms with Gasteiger partial charge < -0.3 is 19.7 Å². The van der Waals surface area contributed by atoms with Crippen LogP contribution in [-0.2, 0) is 22.6 Å². The Hall–Kier alpha value is -2.83. The van der Waals surface area contributed by atoms with Crippen LogP contribution < -0.4 is 5.32 Å². The molecule has 1 heterocycles. The first kappa shape index (κ1) is 16.5. The van der Waals surface area contributed by atoms with E-state index in [1.165, 1.54) is 0 Å². The predicted octanol–water partition coefficient (Wildman–Crippen LogP) is 2.30. The maximum atomic E-state index is 11.7. The number of amides is 1. The number of alkyl carbamates (subject to hydrolysis) is 1. The van der Waals surface area contributed by atoms with E-state index in [1.54, 1.807) is 13.0 Å². The molecule has 1 amide bonds. The number of carbonyl (C=O) groups excluding carboxylic acids is 1. The number of aryl methyl sites for hydroxylation is 2. The molecule has 0 saturated heterocycles. The third-order valence-corrected chi connectivity index (χ3v) is 3.16. The molecule has 2 N–H and O–H groups in total. The molecule has 1 atom stereocenters. The maximum absolute atomic E-state index is 11.7. The molecule has 23 heavy (non-hydrogen) atoms. The van der Waals surface area contributed by atoms with E-state index in [9.17, 15) is 14.7 Å². The Bertz CT molecular complexity index is 654. The van der Waals surface area contributed by atoms with Crippen LogP contribution >= 0.6 is 0 Å². The number of ether oxygens (including phenoxy) is 1. The number of hydrogen-bond donors (Lipinski definition) is 2. The number of nitrogens with one attached hydrogen (secondary N) is 1. The highest BCUT2D eigenvalue weighted by atomic mass is 16.5. The van der Waals surface area contributed by atoms with Crippen LogP contribution in [0.25, 0.3) is 0 Å². The molecule has 0 bridgehead atoms. The fraction of sp³-hybridized carbons (Fsp3) is 0.312. The Kier molecular flexibility index (Phi) is 5.74. The molecule has 0 fully saturated rings. The molecule has 0 aliphatic heterocycles. The number of aliphatic carboxylic acids is 1. The number of carboxylic acid groups (broad SMARTS) is 1. The fourth-order valence-electron chi connectivity index (χ4n) is 1.99. The van der Waals surface area contributed by atoms with E-state index >= 15 is 0 Å². The van der Waals surface area contributed by atoms with Gasteiger partial charge in [0.2, 0.25) is 0 Å². The quantitative estimate of drug-likeness (QED) is 0.812. The molecule has 1 aromatic carbocycles. The molecule has 0 radical (unpaired) electrons. The van der Waals surface area contributed by atoms with Gasteiger partial charge in [-0.15, -0.1) is 0 Å². The number of rotatable bonds is 7. The SMILES string of the molecule is Cc1cc(CC[C@H](NC(=O)OCc2ccccc2)C(=O)O)on1. The van der Waals surface area contributed by atoms with Crippen molar-refractivity contribution in [1.82, 2.24) is 10.5 Å². The van der Waals surface area contributed by atoms with Crippen molar-refractivity contribution in [2.75, 3.05) is 0 Å². The van der Waals surface area contributed by atoms with E-state index in [4.69, 9.17) is 9.26 Å². The van der Waals surface area contributed by atoms with Crippen molar-refractivity contribution in [2.45, 2.75) is 32.4 Å². The van der Waals surface area contributed by atoms with E-state index in [2.05, 4.69) is 10.5 Å². The lowest BCUT2D eigenvalue weighted by Gasteiger charge is -2.13. The van der Waals surface area contributed by atoms with E-state index in [1.807, 2.05) is 30.3 Å². The van der Waals surface area contributed by atoms with Crippen LogP contribution in [0.4, 0.5) is 4.79 Å². The average molecular weight is 318 g/mol. The van der Waals surface area contributed by atoms with Gasteiger partial charge in [0.05, 0.1) is 5.69 Å². The highest BCUT2D eigenvalue weighted by Crippen LogP contribution is 2.08. The monoisotopic (exact) mass is 318 g/mol. The highest BCUT2D eigenvalue weighted by molar-refractivity contribution is 5.79. The van der Waals surface area contributed by atoms with E-state index < -0.39 is 18.1 Å². The van der Waals surface area contributed by atoms with Gasteiger partial charge in [-0.2, -0.15) is 0 Å². The summed E-state index contributed by atoms with van der Waals surface area (Å²) in [7, 11) is 0. The summed E-state index contributed by atoms with van der Waals surface area (Å²) in [6.07, 6.45) is -0.226. The zero-order valence-electron chi connectivity index (χ0n) is 12.7. The van der Waals surface area contributed by atoms with Gasteiger partial charge in [0.25, 0.3) is 0 Å². The summed E-state index contributed by atoms with van der Waals surface area (Å²) in [5.41, 5.74) is 1.55. The van der Waals surface area contributed by atoms with Gasteiger partial charge in [0, 0.05) is 12.5 Å². The smallest absolute Gasteiger partial charge is 0.408 e. The third-order valence-electron chi connectivity index (χ3n) is 3.16. The number of nitrogens with zero attached hydrogens (tertiary/aromatic N) is 1. The first-order valence-electron chi connectivity index (χ1n) is 7.17. The molecular weight excluding hydrogens is 300 g/mol. The lowest BCUT2D eigenvalue weighted by Crippen LogP contribution is -2.41. The molecule has 7 heteroatoms. The first-order valence-corrected chi connectivity index (χ1v) is 7.17. The largest absolute Gasteiger partial charge is 0.480 e. The summed E-state index contributed by atoms with van der Waals surface area (Å²) in [4.78, 5) is 22.9. The molecule has 0 saturated carbocycles. The van der Waals surface area contributed by atoms with E-state index in [-0.39, 0.29) is 13.0 Å². The minimum atomic E-state index is -1.13. The van der Waals surface area contributed by atoms with Gasteiger partial charge in [-0.25, -0.2) is 9.59 Å². The Labute approximate surface area is 133 Å². The lowest BCUT2D eigenvalue weighted by molar-refractivity contribution is -0.139. The summed E-state index contributed by atoms with van der Waals surface area (Å²) in [6, 6.07) is 9.82. The van der Waals surface area contributed by atoms with Crippen molar-refractivity contribution in [3.05, 3.63) is 53.4 Å². The van der Waals surface area contributed by atoms with Crippen molar-refractivity contribution >= 4 is 12.1 Å². The summed E-state index contributed by atoms with van der Waals surface area (Å²) in [6.45, 7) is 1.86. The molecular formula is C16H18N2O5. The maximum Gasteiger partial charge on any atom is 0.408 e. The Morgan fingerprint density at radius 3 is 2.70 bits per heavy atom. The van der Waals surface area contributed by atoms with Crippen LogP contribution in [0, 0.1) is 6.92 Å². The summed E-state index contributed by atoms with van der Waals surface area (Å²) in [5, 5.41) is 15.2. The fourth-order valence-corrected chi connectivity index (χ4v) is 1.99. The van der Waals surface area contributed by atoms with Gasteiger partial charge in [-0.1, -0.05) is 35.5 Å². The molecule has 7 nitrogen and oxygen atoms in total. The number of carbonyl (C=O) groups is 2. The van der Waals surface area contributed by atoms with E-state index in [0.717, 1.165) is 11.3 Å². The molecule has 0 aliphatic rings. The van der Waals surface area contributed by atoms with Crippen LogP contribution in [0.15, 0.2) is 40.9 Å². The normalized spacial score (nSPS) is 11.7. The molecule has 0 aliphatic carbocycles. The van der Waals surface area contributed by atoms with Gasteiger partial charge in [-0.05, 0) is 18.9 Å². The number of benzene rings is 1.